The molecule has 1 aromatic carbocycles. The number of carbonyl (C=O) groups excluding carboxylic acids is 1. The molecule has 0 unspecified atom stereocenters. The van der Waals surface area contributed by atoms with Gasteiger partial charge in [-0.3, -0.25) is 9.69 Å². The Morgan fingerprint density at radius 1 is 1.28 bits per heavy atom. The van der Waals surface area contributed by atoms with Crippen molar-refractivity contribution in [2.24, 2.45) is 5.92 Å². The van der Waals surface area contributed by atoms with Gasteiger partial charge in [-0.25, -0.2) is 18.1 Å². The first-order valence-electron chi connectivity index (χ1n) is 9.88. The summed E-state index contributed by atoms with van der Waals surface area (Å²) in [4.78, 5) is 22.1. The van der Waals surface area contributed by atoms with Crippen LogP contribution >= 0.6 is 11.3 Å². The highest BCUT2D eigenvalue weighted by atomic mass is 32.2. The van der Waals surface area contributed by atoms with Crippen molar-refractivity contribution in [1.29, 1.82) is 0 Å². The number of thiazole rings is 1. The lowest BCUT2D eigenvalue weighted by molar-refractivity contribution is -0.123. The van der Waals surface area contributed by atoms with E-state index in [1.165, 1.54) is 7.05 Å². The van der Waals surface area contributed by atoms with Crippen LogP contribution in [0.2, 0.25) is 0 Å². The molecule has 1 aromatic heterocycles. The van der Waals surface area contributed by atoms with Gasteiger partial charge in [-0.2, -0.15) is 0 Å². The van der Waals surface area contributed by atoms with Crippen molar-refractivity contribution in [1.82, 2.24) is 14.6 Å². The van der Waals surface area contributed by atoms with Crippen LogP contribution in [0.25, 0.3) is 0 Å². The minimum atomic E-state index is -3.47. The summed E-state index contributed by atoms with van der Waals surface area (Å²) in [5.41, 5.74) is 2.88. The Morgan fingerprint density at radius 2 is 2.03 bits per heavy atom. The first-order chi connectivity index (χ1) is 13.9. The van der Waals surface area contributed by atoms with Gasteiger partial charge in [0.2, 0.25) is 15.9 Å². The number of fused-ring (bicyclic) bond motifs is 1. The SMILES string of the molecule is CNS(=O)(=O)c1ccc2c(c1)CCN2C(=O)C1CCN(Cc2csc(C)n2)CC1. The Hall–Kier alpha value is -1.81. The molecule has 0 bridgehead atoms. The van der Waals surface area contributed by atoms with Crippen LogP contribution in [-0.2, 0) is 27.8 Å². The molecule has 0 atom stereocenters. The molecule has 1 saturated heterocycles. The van der Waals surface area contributed by atoms with Crippen molar-refractivity contribution >= 4 is 33.0 Å². The van der Waals surface area contributed by atoms with Gasteiger partial charge in [0.05, 0.1) is 15.6 Å². The molecule has 4 rings (SSSR count). The van der Waals surface area contributed by atoms with E-state index in [1.54, 1.807) is 29.5 Å². The molecule has 156 valence electrons. The zero-order valence-electron chi connectivity index (χ0n) is 16.7. The molecule has 2 aliphatic heterocycles. The molecule has 1 fully saturated rings. The number of carbonyl (C=O) groups is 1. The number of nitrogens with one attached hydrogen (secondary N) is 1. The van der Waals surface area contributed by atoms with E-state index in [0.717, 1.165) is 54.4 Å². The van der Waals surface area contributed by atoms with Crippen LogP contribution in [0.5, 0.6) is 0 Å². The number of hydrogen-bond acceptors (Lipinski definition) is 6. The Kier molecular flexibility index (Phi) is 5.74. The quantitative estimate of drug-likeness (QED) is 0.780. The third kappa shape index (κ3) is 4.23. The number of piperidine rings is 1. The number of benzene rings is 1. The monoisotopic (exact) mass is 434 g/mol. The van der Waals surface area contributed by atoms with Crippen LogP contribution in [0.15, 0.2) is 28.5 Å². The minimum Gasteiger partial charge on any atom is -0.312 e. The Bertz CT molecular complexity index is 1010. The van der Waals surface area contributed by atoms with Crippen molar-refractivity contribution in [3.05, 3.63) is 39.8 Å². The van der Waals surface area contributed by atoms with Crippen molar-refractivity contribution in [2.75, 3.05) is 31.6 Å². The molecule has 9 heteroatoms. The smallest absolute Gasteiger partial charge is 0.240 e. The highest BCUT2D eigenvalue weighted by Crippen LogP contribution is 2.33. The zero-order chi connectivity index (χ0) is 20.6. The standard InChI is InChI=1S/C20H26N4O3S2/c1-14-22-17(13-28-14)12-23-8-5-15(6-9-23)20(25)24-10-7-16-11-18(3-4-19(16)24)29(26,27)21-2/h3-4,11,13,15,21H,5-10,12H2,1-2H3. The summed E-state index contributed by atoms with van der Waals surface area (Å²) in [5, 5.41) is 3.19. The maximum Gasteiger partial charge on any atom is 0.240 e. The number of sulfonamides is 1. The maximum absolute atomic E-state index is 13.1. The second-order valence-electron chi connectivity index (χ2n) is 7.65. The molecular formula is C20H26N4O3S2. The Labute approximate surface area is 175 Å². The topological polar surface area (TPSA) is 82.6 Å². The fourth-order valence-corrected chi connectivity index (χ4v) is 5.54. The second-order valence-corrected chi connectivity index (χ2v) is 10.6. The molecule has 0 spiro atoms. The van der Waals surface area contributed by atoms with Gasteiger partial charge in [0.1, 0.15) is 0 Å². The summed E-state index contributed by atoms with van der Waals surface area (Å²) in [6.07, 6.45) is 2.39. The predicted molar refractivity (Wildman–Crippen MR) is 114 cm³/mol. The van der Waals surface area contributed by atoms with E-state index < -0.39 is 10.0 Å². The van der Waals surface area contributed by atoms with Crippen LogP contribution in [0, 0.1) is 12.8 Å². The van der Waals surface area contributed by atoms with E-state index >= 15 is 0 Å². The third-order valence-electron chi connectivity index (χ3n) is 5.78. The minimum absolute atomic E-state index is 0.0232. The summed E-state index contributed by atoms with van der Waals surface area (Å²) >= 11 is 1.67. The largest absolute Gasteiger partial charge is 0.312 e. The second kappa shape index (κ2) is 8.14. The fraction of sp³-hybridized carbons (Fsp3) is 0.500. The van der Waals surface area contributed by atoms with Gasteiger partial charge < -0.3 is 4.90 Å². The highest BCUT2D eigenvalue weighted by Gasteiger charge is 2.33. The third-order valence-corrected chi connectivity index (χ3v) is 8.01. The molecule has 29 heavy (non-hydrogen) atoms. The van der Waals surface area contributed by atoms with Gasteiger partial charge in [-0.1, -0.05) is 0 Å². The van der Waals surface area contributed by atoms with E-state index in [-0.39, 0.29) is 16.7 Å². The maximum atomic E-state index is 13.1. The molecule has 3 heterocycles. The predicted octanol–water partition coefficient (Wildman–Crippen LogP) is 2.16. The number of nitrogens with zero attached hydrogens (tertiary/aromatic N) is 3. The zero-order valence-corrected chi connectivity index (χ0v) is 18.4. The summed E-state index contributed by atoms with van der Waals surface area (Å²) in [6, 6.07) is 5.03. The molecule has 2 aromatic rings. The van der Waals surface area contributed by atoms with Gasteiger partial charge in [0, 0.05) is 30.1 Å². The summed E-state index contributed by atoms with van der Waals surface area (Å²) in [7, 11) is -2.07. The summed E-state index contributed by atoms with van der Waals surface area (Å²) in [5.74, 6) is 0.187. The first kappa shape index (κ1) is 20.5. The van der Waals surface area contributed by atoms with E-state index in [2.05, 4.69) is 20.0 Å². The molecule has 0 saturated carbocycles. The number of rotatable bonds is 5. The number of aromatic nitrogens is 1. The van der Waals surface area contributed by atoms with Gasteiger partial charge in [0.15, 0.2) is 0 Å². The van der Waals surface area contributed by atoms with Crippen molar-refractivity contribution in [2.45, 2.75) is 37.6 Å². The van der Waals surface area contributed by atoms with E-state index in [9.17, 15) is 13.2 Å². The van der Waals surface area contributed by atoms with Gasteiger partial charge in [0.25, 0.3) is 0 Å². The average Bonchev–Trinajstić information content (AvgIpc) is 3.33. The van der Waals surface area contributed by atoms with Crippen molar-refractivity contribution < 1.29 is 13.2 Å². The molecule has 2 aliphatic rings. The van der Waals surface area contributed by atoms with Gasteiger partial charge >= 0.3 is 0 Å². The molecule has 1 amide bonds. The van der Waals surface area contributed by atoms with Crippen LogP contribution in [-0.4, -0.2) is 50.9 Å². The average molecular weight is 435 g/mol. The number of aryl methyl sites for hydroxylation is 1. The molecule has 0 aliphatic carbocycles. The normalized spacial score (nSPS) is 18.2. The molecule has 7 nitrogen and oxygen atoms in total. The number of amides is 1. The van der Waals surface area contributed by atoms with Crippen LogP contribution in [0.4, 0.5) is 5.69 Å². The lowest BCUT2D eigenvalue weighted by Crippen LogP contribution is -2.42. The van der Waals surface area contributed by atoms with E-state index in [0.29, 0.717) is 13.0 Å². The van der Waals surface area contributed by atoms with E-state index in [1.807, 2.05) is 11.8 Å². The van der Waals surface area contributed by atoms with E-state index in [4.69, 9.17) is 0 Å². The van der Waals surface area contributed by atoms with Gasteiger partial charge in [-0.05, 0) is 70.1 Å². The molecule has 0 radical (unpaired) electrons. The lowest BCUT2D eigenvalue weighted by atomic mass is 9.95. The Morgan fingerprint density at radius 3 is 2.69 bits per heavy atom. The number of hydrogen-bond donors (Lipinski definition) is 1. The van der Waals surface area contributed by atoms with Crippen molar-refractivity contribution in [3.63, 3.8) is 0 Å². The number of likely N-dealkylation sites (tertiary alicyclic amines) is 1. The Balaban J connectivity index is 1.39. The van der Waals surface area contributed by atoms with Gasteiger partial charge in [-0.15, -0.1) is 11.3 Å². The summed E-state index contributed by atoms with van der Waals surface area (Å²) < 4.78 is 26.4. The van der Waals surface area contributed by atoms with Crippen LogP contribution < -0.4 is 9.62 Å². The first-order valence-corrected chi connectivity index (χ1v) is 12.2. The van der Waals surface area contributed by atoms with Crippen LogP contribution in [0.3, 0.4) is 0 Å². The molecular weight excluding hydrogens is 408 g/mol. The van der Waals surface area contributed by atoms with Crippen LogP contribution in [0.1, 0.15) is 29.1 Å². The lowest BCUT2D eigenvalue weighted by Gasteiger charge is -2.33. The fourth-order valence-electron chi connectivity index (χ4n) is 4.16. The summed E-state index contributed by atoms with van der Waals surface area (Å²) in [6.45, 7) is 5.28. The number of anilines is 1. The van der Waals surface area contributed by atoms with Crippen molar-refractivity contribution in [3.8, 4) is 0 Å². The highest BCUT2D eigenvalue weighted by molar-refractivity contribution is 7.89. The molecule has 1 N–H and O–H groups in total.